The predicted molar refractivity (Wildman–Crippen MR) is 66.0 cm³/mol. The maximum atomic E-state index is 11.9. The standard InChI is InChI=1S/C13H18N2O/c1-9-7-10(2)12(11(3)8-9)15-6-5-14(4)13(15)16/h7-8H,5-6H2,1-4H3. The number of amides is 2. The normalized spacial score (nSPS) is 16.1. The topological polar surface area (TPSA) is 23.6 Å². The third-order valence-electron chi connectivity index (χ3n) is 3.12. The van der Waals surface area contributed by atoms with E-state index in [1.54, 1.807) is 4.90 Å². The van der Waals surface area contributed by atoms with Gasteiger partial charge in [-0.25, -0.2) is 4.79 Å². The van der Waals surface area contributed by atoms with Gasteiger partial charge in [0.25, 0.3) is 0 Å². The quantitative estimate of drug-likeness (QED) is 0.710. The fourth-order valence-electron chi connectivity index (χ4n) is 2.45. The summed E-state index contributed by atoms with van der Waals surface area (Å²) in [5.74, 6) is 0. The summed E-state index contributed by atoms with van der Waals surface area (Å²) >= 11 is 0. The smallest absolute Gasteiger partial charge is 0.324 e. The Balaban J connectivity index is 2.45. The van der Waals surface area contributed by atoms with Gasteiger partial charge in [0.05, 0.1) is 5.69 Å². The second kappa shape index (κ2) is 3.81. The van der Waals surface area contributed by atoms with Crippen LogP contribution in [0.3, 0.4) is 0 Å². The van der Waals surface area contributed by atoms with Crippen molar-refractivity contribution in [2.75, 3.05) is 25.0 Å². The fourth-order valence-corrected chi connectivity index (χ4v) is 2.45. The molecule has 1 heterocycles. The lowest BCUT2D eigenvalue weighted by Crippen LogP contribution is -2.30. The fraction of sp³-hybridized carbons (Fsp3) is 0.462. The van der Waals surface area contributed by atoms with E-state index in [0.29, 0.717) is 0 Å². The molecule has 0 radical (unpaired) electrons. The molecule has 0 unspecified atom stereocenters. The van der Waals surface area contributed by atoms with Gasteiger partial charge in [-0.2, -0.15) is 0 Å². The second-order valence-electron chi connectivity index (χ2n) is 4.60. The van der Waals surface area contributed by atoms with Gasteiger partial charge in [-0.05, 0) is 31.9 Å². The van der Waals surface area contributed by atoms with Crippen LogP contribution in [0.4, 0.5) is 10.5 Å². The van der Waals surface area contributed by atoms with Gasteiger partial charge in [0.15, 0.2) is 0 Å². The lowest BCUT2D eigenvalue weighted by molar-refractivity contribution is 0.229. The Morgan fingerprint density at radius 3 is 2.06 bits per heavy atom. The number of carbonyl (C=O) groups excluding carboxylic acids is 1. The average molecular weight is 218 g/mol. The molecule has 2 rings (SSSR count). The van der Waals surface area contributed by atoms with Crippen LogP contribution in [0.25, 0.3) is 0 Å². The highest BCUT2D eigenvalue weighted by Gasteiger charge is 2.28. The largest absolute Gasteiger partial charge is 0.326 e. The van der Waals surface area contributed by atoms with Crippen LogP contribution in [0.2, 0.25) is 0 Å². The van der Waals surface area contributed by atoms with Gasteiger partial charge in [-0.3, -0.25) is 4.90 Å². The highest BCUT2D eigenvalue weighted by Crippen LogP contribution is 2.28. The number of hydrogen-bond acceptors (Lipinski definition) is 1. The molecule has 0 saturated carbocycles. The highest BCUT2D eigenvalue weighted by atomic mass is 16.2. The molecule has 1 aliphatic rings. The molecule has 3 nitrogen and oxygen atoms in total. The van der Waals surface area contributed by atoms with E-state index in [-0.39, 0.29) is 6.03 Å². The Kier molecular flexibility index (Phi) is 2.62. The third kappa shape index (κ3) is 1.66. The zero-order valence-corrected chi connectivity index (χ0v) is 10.4. The van der Waals surface area contributed by atoms with Gasteiger partial charge >= 0.3 is 6.03 Å². The van der Waals surface area contributed by atoms with Gasteiger partial charge in [0.2, 0.25) is 0 Å². The van der Waals surface area contributed by atoms with Crippen LogP contribution in [0.1, 0.15) is 16.7 Å². The van der Waals surface area contributed by atoms with Gasteiger partial charge in [-0.1, -0.05) is 17.7 Å². The lowest BCUT2D eigenvalue weighted by atomic mass is 10.0. The summed E-state index contributed by atoms with van der Waals surface area (Å²) in [6.07, 6.45) is 0. The Labute approximate surface area is 96.7 Å². The first-order chi connectivity index (χ1) is 7.50. The van der Waals surface area contributed by atoms with Gasteiger partial charge < -0.3 is 4.90 Å². The minimum absolute atomic E-state index is 0.107. The second-order valence-corrected chi connectivity index (χ2v) is 4.60. The van der Waals surface area contributed by atoms with Crippen molar-refractivity contribution >= 4 is 11.7 Å². The molecule has 86 valence electrons. The van der Waals surface area contributed by atoms with Crippen LogP contribution in [-0.2, 0) is 0 Å². The van der Waals surface area contributed by atoms with E-state index in [4.69, 9.17) is 0 Å². The van der Waals surface area contributed by atoms with E-state index >= 15 is 0 Å². The van der Waals surface area contributed by atoms with Crippen LogP contribution >= 0.6 is 0 Å². The first-order valence-electron chi connectivity index (χ1n) is 5.61. The number of likely N-dealkylation sites (N-methyl/N-ethyl adjacent to an activating group) is 1. The van der Waals surface area contributed by atoms with Gasteiger partial charge in [0, 0.05) is 20.1 Å². The van der Waals surface area contributed by atoms with Crippen molar-refractivity contribution in [2.45, 2.75) is 20.8 Å². The molecule has 0 spiro atoms. The van der Waals surface area contributed by atoms with Crippen molar-refractivity contribution in [2.24, 2.45) is 0 Å². The van der Waals surface area contributed by atoms with Gasteiger partial charge in [0.1, 0.15) is 0 Å². The number of carbonyl (C=O) groups is 1. The molecule has 0 bridgehead atoms. The summed E-state index contributed by atoms with van der Waals surface area (Å²) in [7, 11) is 1.85. The first-order valence-corrected chi connectivity index (χ1v) is 5.61. The minimum atomic E-state index is 0.107. The maximum absolute atomic E-state index is 11.9. The predicted octanol–water partition coefficient (Wildman–Crippen LogP) is 2.48. The van der Waals surface area contributed by atoms with Crippen LogP contribution in [0, 0.1) is 20.8 Å². The first kappa shape index (κ1) is 11.0. The van der Waals surface area contributed by atoms with Crippen LogP contribution < -0.4 is 4.90 Å². The number of anilines is 1. The summed E-state index contributed by atoms with van der Waals surface area (Å²) in [4.78, 5) is 15.6. The highest BCUT2D eigenvalue weighted by molar-refractivity contribution is 5.95. The van der Waals surface area contributed by atoms with Crippen molar-refractivity contribution in [3.63, 3.8) is 0 Å². The zero-order chi connectivity index (χ0) is 11.9. The van der Waals surface area contributed by atoms with E-state index in [0.717, 1.165) is 18.8 Å². The molecule has 1 aromatic carbocycles. The molecule has 1 aromatic rings. The summed E-state index contributed by atoms with van der Waals surface area (Å²) < 4.78 is 0. The monoisotopic (exact) mass is 218 g/mol. The van der Waals surface area contributed by atoms with Crippen molar-refractivity contribution < 1.29 is 4.79 Å². The average Bonchev–Trinajstić information content (AvgIpc) is 2.48. The molecule has 0 aliphatic carbocycles. The third-order valence-corrected chi connectivity index (χ3v) is 3.12. The van der Waals surface area contributed by atoms with E-state index in [2.05, 4.69) is 32.9 Å². The summed E-state index contributed by atoms with van der Waals surface area (Å²) in [5.41, 5.74) is 4.70. The van der Waals surface area contributed by atoms with Crippen LogP contribution in [0.15, 0.2) is 12.1 Å². The lowest BCUT2D eigenvalue weighted by Gasteiger charge is -2.21. The summed E-state index contributed by atoms with van der Waals surface area (Å²) in [6.45, 7) is 7.83. The molecule has 0 N–H and O–H groups in total. The molecular formula is C13H18N2O. The van der Waals surface area contributed by atoms with E-state index in [9.17, 15) is 4.79 Å². The molecule has 0 aromatic heterocycles. The number of hydrogen-bond donors (Lipinski definition) is 0. The Morgan fingerprint density at radius 2 is 1.62 bits per heavy atom. The number of urea groups is 1. The Bertz CT molecular complexity index is 417. The Morgan fingerprint density at radius 1 is 1.06 bits per heavy atom. The zero-order valence-electron chi connectivity index (χ0n) is 10.4. The minimum Gasteiger partial charge on any atom is -0.326 e. The summed E-state index contributed by atoms with van der Waals surface area (Å²) in [5, 5.41) is 0. The Hall–Kier alpha value is -1.51. The van der Waals surface area contributed by atoms with Crippen molar-refractivity contribution in [3.8, 4) is 0 Å². The SMILES string of the molecule is Cc1cc(C)c(N2CCN(C)C2=O)c(C)c1. The molecule has 0 atom stereocenters. The molecule has 16 heavy (non-hydrogen) atoms. The van der Waals surface area contributed by atoms with E-state index in [1.165, 1.54) is 16.7 Å². The van der Waals surface area contributed by atoms with Crippen LogP contribution in [-0.4, -0.2) is 31.1 Å². The summed E-state index contributed by atoms with van der Waals surface area (Å²) in [6, 6.07) is 4.37. The number of rotatable bonds is 1. The molecule has 1 fully saturated rings. The number of benzene rings is 1. The maximum Gasteiger partial charge on any atom is 0.324 e. The van der Waals surface area contributed by atoms with Crippen molar-refractivity contribution in [1.29, 1.82) is 0 Å². The molecule has 1 saturated heterocycles. The van der Waals surface area contributed by atoms with Crippen molar-refractivity contribution in [3.05, 3.63) is 28.8 Å². The molecule has 1 aliphatic heterocycles. The van der Waals surface area contributed by atoms with E-state index < -0.39 is 0 Å². The van der Waals surface area contributed by atoms with Crippen molar-refractivity contribution in [1.82, 2.24) is 4.90 Å². The molecular weight excluding hydrogens is 200 g/mol. The van der Waals surface area contributed by atoms with Crippen LogP contribution in [0.5, 0.6) is 0 Å². The van der Waals surface area contributed by atoms with Gasteiger partial charge in [-0.15, -0.1) is 0 Å². The molecule has 2 amide bonds. The molecule has 3 heteroatoms. The number of nitrogens with zero attached hydrogens (tertiary/aromatic N) is 2. The number of aryl methyl sites for hydroxylation is 3. The van der Waals surface area contributed by atoms with E-state index in [1.807, 2.05) is 11.9 Å².